The Bertz CT molecular complexity index is 382. The Labute approximate surface area is 64.7 Å². The fourth-order valence-electron chi connectivity index (χ4n) is 0.966. The first-order chi connectivity index (χ1) is 5.36. The van der Waals surface area contributed by atoms with Crippen LogP contribution in [0.4, 0.5) is 5.82 Å². The molecule has 0 atom stereocenters. The molecule has 0 bridgehead atoms. The predicted molar refractivity (Wildman–Crippen MR) is 43.8 cm³/mol. The molecule has 0 unspecified atom stereocenters. The first-order valence-electron chi connectivity index (χ1n) is 3.31. The third kappa shape index (κ3) is 0.968. The van der Waals surface area contributed by atoms with Crippen molar-refractivity contribution in [1.29, 1.82) is 0 Å². The predicted octanol–water partition coefficient (Wildman–Crippen LogP) is 1.42. The van der Waals surface area contributed by atoms with Gasteiger partial charge in [0.25, 0.3) is 0 Å². The van der Waals surface area contributed by atoms with Crippen molar-refractivity contribution in [2.24, 2.45) is 0 Å². The number of hydrogen-bond donors (Lipinski definition) is 1. The lowest BCUT2D eigenvalue weighted by Crippen LogP contribution is -1.87. The summed E-state index contributed by atoms with van der Waals surface area (Å²) in [5.74, 6) is 0.392. The molecule has 0 aliphatic carbocycles. The molecule has 0 saturated heterocycles. The summed E-state index contributed by atoms with van der Waals surface area (Å²) < 4.78 is 0. The number of benzene rings is 1. The van der Waals surface area contributed by atoms with Crippen LogP contribution in [0.1, 0.15) is 0 Å². The summed E-state index contributed by atoms with van der Waals surface area (Å²) in [4.78, 5) is 4.07. The minimum atomic E-state index is 0.392. The van der Waals surface area contributed by atoms with Gasteiger partial charge in [-0.3, -0.25) is 0 Å². The van der Waals surface area contributed by atoms with E-state index < -0.39 is 0 Å². The van der Waals surface area contributed by atoms with E-state index in [-0.39, 0.29) is 0 Å². The maximum Gasteiger partial charge on any atom is 0.176 e. The molecule has 2 aromatic rings. The van der Waals surface area contributed by atoms with Gasteiger partial charge in [-0.25, -0.2) is 4.98 Å². The van der Waals surface area contributed by atoms with Gasteiger partial charge in [0.05, 0.1) is 10.9 Å². The second-order valence-electron chi connectivity index (χ2n) is 2.26. The number of nitrogens with zero attached hydrogens (tertiary/aromatic N) is 1. The molecule has 0 spiro atoms. The lowest BCUT2D eigenvalue weighted by molar-refractivity contribution is 1.42. The second-order valence-corrected chi connectivity index (χ2v) is 2.26. The number of rotatable bonds is 0. The molecule has 2 rings (SSSR count). The van der Waals surface area contributed by atoms with Crippen molar-refractivity contribution in [2.75, 3.05) is 5.73 Å². The van der Waals surface area contributed by atoms with Gasteiger partial charge < -0.3 is 5.73 Å². The highest BCUT2D eigenvalue weighted by molar-refractivity contribution is 5.77. The third-order valence-electron chi connectivity index (χ3n) is 1.47. The van der Waals surface area contributed by atoms with Crippen molar-refractivity contribution in [2.45, 2.75) is 0 Å². The van der Waals surface area contributed by atoms with Crippen LogP contribution in [-0.4, -0.2) is 4.98 Å². The number of nitrogens with two attached hydrogens (primary N) is 1. The van der Waals surface area contributed by atoms with E-state index >= 15 is 0 Å². The molecule has 1 aromatic heterocycles. The summed E-state index contributed by atoms with van der Waals surface area (Å²) in [6.07, 6.45) is 0. The Morgan fingerprint density at radius 1 is 1.18 bits per heavy atom. The normalized spacial score (nSPS) is 9.45. The highest BCUT2D eigenvalue weighted by Crippen LogP contribution is 2.07. The maximum atomic E-state index is 5.43. The highest BCUT2D eigenvalue weighted by Gasteiger charge is 1.90. The number of anilines is 1. The van der Waals surface area contributed by atoms with Gasteiger partial charge >= 0.3 is 0 Å². The average molecular weight is 142 g/mol. The van der Waals surface area contributed by atoms with Crippen LogP contribution in [-0.2, 0) is 0 Å². The SMILES string of the molecule is Nc1c#cc2ccccc2n1. The van der Waals surface area contributed by atoms with E-state index in [1.54, 1.807) is 0 Å². The molecule has 2 N–H and O–H groups in total. The van der Waals surface area contributed by atoms with Crippen LogP contribution in [0, 0.1) is 12.1 Å². The Kier molecular flexibility index (Phi) is 1.16. The largest absolute Gasteiger partial charge is 0.377 e. The van der Waals surface area contributed by atoms with E-state index in [1.807, 2.05) is 24.3 Å². The lowest BCUT2D eigenvalue weighted by Gasteiger charge is -1.91. The Balaban J connectivity index is 2.83. The number of fused-ring (bicyclic) bond motifs is 1. The molecule has 0 aliphatic heterocycles. The number of para-hydroxylation sites is 1. The molecule has 1 heterocycles. The van der Waals surface area contributed by atoms with E-state index in [9.17, 15) is 0 Å². The van der Waals surface area contributed by atoms with Crippen LogP contribution < -0.4 is 5.73 Å². The maximum absolute atomic E-state index is 5.43. The zero-order chi connectivity index (χ0) is 7.68. The Hall–Kier alpha value is -1.75. The fourth-order valence-corrected chi connectivity index (χ4v) is 0.966. The summed E-state index contributed by atoms with van der Waals surface area (Å²) in [7, 11) is 0. The van der Waals surface area contributed by atoms with E-state index in [0.717, 1.165) is 10.9 Å². The zero-order valence-corrected chi connectivity index (χ0v) is 5.83. The van der Waals surface area contributed by atoms with E-state index in [4.69, 9.17) is 5.73 Å². The number of nitrogen functional groups attached to an aromatic ring is 1. The molecule has 0 amide bonds. The summed E-state index contributed by atoms with van der Waals surface area (Å²) in [5.41, 5.74) is 6.29. The quantitative estimate of drug-likeness (QED) is 0.604. The molecular formula is C9H6N2. The summed E-state index contributed by atoms with van der Waals surface area (Å²) in [6.45, 7) is 0. The van der Waals surface area contributed by atoms with Crippen LogP contribution in [0.15, 0.2) is 24.3 Å². The minimum Gasteiger partial charge on any atom is -0.377 e. The Morgan fingerprint density at radius 2 is 2.00 bits per heavy atom. The molecule has 11 heavy (non-hydrogen) atoms. The number of hydrogen-bond acceptors (Lipinski definition) is 2. The van der Waals surface area contributed by atoms with Gasteiger partial charge in [0.15, 0.2) is 5.82 Å². The molecule has 0 saturated carbocycles. The van der Waals surface area contributed by atoms with Gasteiger partial charge in [-0.05, 0) is 18.2 Å². The molecular weight excluding hydrogens is 136 g/mol. The van der Waals surface area contributed by atoms with Crippen LogP contribution in [0.5, 0.6) is 0 Å². The van der Waals surface area contributed by atoms with Crippen LogP contribution in [0.2, 0.25) is 0 Å². The smallest absolute Gasteiger partial charge is 0.176 e. The first-order valence-corrected chi connectivity index (χ1v) is 3.31. The Morgan fingerprint density at radius 3 is 2.91 bits per heavy atom. The molecule has 0 fully saturated rings. The van der Waals surface area contributed by atoms with Crippen molar-refractivity contribution in [3.8, 4) is 0 Å². The van der Waals surface area contributed by atoms with Crippen molar-refractivity contribution >= 4 is 16.7 Å². The molecule has 2 heteroatoms. The summed E-state index contributed by atoms with van der Waals surface area (Å²) in [6, 6.07) is 13.3. The average Bonchev–Trinajstić information content (AvgIpc) is 2.04. The van der Waals surface area contributed by atoms with Gasteiger partial charge in [-0.15, -0.1) is 0 Å². The van der Waals surface area contributed by atoms with Crippen molar-refractivity contribution in [1.82, 2.24) is 4.98 Å². The van der Waals surface area contributed by atoms with Crippen LogP contribution >= 0.6 is 0 Å². The summed E-state index contributed by atoms with van der Waals surface area (Å²) in [5, 5.41) is 0.946. The van der Waals surface area contributed by atoms with Gasteiger partial charge in [0.1, 0.15) is 0 Å². The second kappa shape index (κ2) is 2.14. The first kappa shape index (κ1) is 5.99. The fraction of sp³-hybridized carbons (Fsp3) is 0. The molecule has 0 aliphatic rings. The zero-order valence-electron chi connectivity index (χ0n) is 5.83. The number of aromatic nitrogens is 1. The highest BCUT2D eigenvalue weighted by atomic mass is 14.8. The molecule has 52 valence electrons. The molecule has 1 aromatic carbocycles. The molecule has 0 radical (unpaired) electrons. The van der Waals surface area contributed by atoms with Crippen LogP contribution in [0.25, 0.3) is 10.9 Å². The van der Waals surface area contributed by atoms with E-state index in [1.165, 1.54) is 0 Å². The lowest BCUT2D eigenvalue weighted by atomic mass is 10.2. The standard InChI is InChI=1S/C9H6N2/c10-9-6-5-7-3-1-2-4-8(7)11-9/h1-4H,(H2,10,11). The molecule has 2 nitrogen and oxygen atoms in total. The summed E-state index contributed by atoms with van der Waals surface area (Å²) >= 11 is 0. The van der Waals surface area contributed by atoms with Crippen molar-refractivity contribution in [3.05, 3.63) is 36.4 Å². The van der Waals surface area contributed by atoms with Crippen molar-refractivity contribution in [3.63, 3.8) is 0 Å². The van der Waals surface area contributed by atoms with Crippen molar-refractivity contribution < 1.29 is 0 Å². The monoisotopic (exact) mass is 142 g/mol. The van der Waals surface area contributed by atoms with Gasteiger partial charge in [-0.2, -0.15) is 0 Å². The van der Waals surface area contributed by atoms with Crippen LogP contribution in [0.3, 0.4) is 0 Å². The third-order valence-corrected chi connectivity index (χ3v) is 1.47. The van der Waals surface area contributed by atoms with E-state index in [2.05, 4.69) is 17.1 Å². The van der Waals surface area contributed by atoms with E-state index in [0.29, 0.717) is 5.82 Å². The minimum absolute atomic E-state index is 0.392. The van der Waals surface area contributed by atoms with Gasteiger partial charge in [0.2, 0.25) is 0 Å². The van der Waals surface area contributed by atoms with Gasteiger partial charge in [-0.1, -0.05) is 18.2 Å². The topological polar surface area (TPSA) is 38.9 Å². The van der Waals surface area contributed by atoms with Gasteiger partial charge in [0, 0.05) is 0 Å².